The van der Waals surface area contributed by atoms with Gasteiger partial charge in [0.2, 0.25) is 0 Å². The molecule has 0 radical (unpaired) electrons. The fraction of sp³-hybridized carbons (Fsp3) is 0.0667. The number of halogens is 1. The van der Waals surface area contributed by atoms with Gasteiger partial charge >= 0.3 is 0 Å². The third-order valence-electron chi connectivity index (χ3n) is 3.00. The van der Waals surface area contributed by atoms with Gasteiger partial charge in [-0.1, -0.05) is 15.9 Å². The number of carbonyl (C=O) groups is 1. The molecule has 0 aliphatic heterocycles. The average Bonchev–Trinajstić information content (AvgIpc) is 2.51. The molecule has 8 heteroatoms. The van der Waals surface area contributed by atoms with Gasteiger partial charge in [0.15, 0.2) is 0 Å². The number of hydrazone groups is 1. The topological polar surface area (TPSA) is 105 Å². The Balaban J connectivity index is 2.08. The summed E-state index contributed by atoms with van der Waals surface area (Å²) in [5.41, 5.74) is 3.55. The Hall–Kier alpha value is -2.74. The SMILES string of the molecule is Cc1cc(Br)cc(/C=N/NC(=O)c2ccc([N+](=O)[O-])cc2)c1O. The molecule has 2 aromatic rings. The number of nitro groups is 1. The highest BCUT2D eigenvalue weighted by Crippen LogP contribution is 2.25. The van der Waals surface area contributed by atoms with E-state index in [0.717, 1.165) is 4.47 Å². The van der Waals surface area contributed by atoms with Gasteiger partial charge in [-0.3, -0.25) is 14.9 Å². The van der Waals surface area contributed by atoms with E-state index in [2.05, 4.69) is 26.5 Å². The molecule has 23 heavy (non-hydrogen) atoms. The van der Waals surface area contributed by atoms with Crippen LogP contribution in [-0.4, -0.2) is 22.2 Å². The molecule has 2 rings (SSSR count). The number of aromatic hydroxyl groups is 1. The maximum atomic E-state index is 11.9. The van der Waals surface area contributed by atoms with Gasteiger partial charge in [-0.2, -0.15) is 5.10 Å². The van der Waals surface area contributed by atoms with Crippen LogP contribution in [0.4, 0.5) is 5.69 Å². The molecule has 2 N–H and O–H groups in total. The molecule has 1 amide bonds. The molecule has 0 fully saturated rings. The van der Waals surface area contributed by atoms with Crippen LogP contribution in [0.15, 0.2) is 46.0 Å². The highest BCUT2D eigenvalue weighted by atomic mass is 79.9. The minimum Gasteiger partial charge on any atom is -0.507 e. The number of nitrogens with one attached hydrogen (secondary N) is 1. The van der Waals surface area contributed by atoms with E-state index in [0.29, 0.717) is 11.1 Å². The Labute approximate surface area is 139 Å². The second-order valence-corrected chi connectivity index (χ2v) is 5.58. The quantitative estimate of drug-likeness (QED) is 0.484. The predicted molar refractivity (Wildman–Crippen MR) is 88.7 cm³/mol. The number of aryl methyl sites for hydroxylation is 1. The van der Waals surface area contributed by atoms with E-state index in [1.807, 2.05) is 0 Å². The first-order valence-electron chi connectivity index (χ1n) is 6.45. The monoisotopic (exact) mass is 377 g/mol. The number of hydrogen-bond donors (Lipinski definition) is 2. The van der Waals surface area contributed by atoms with Crippen molar-refractivity contribution in [2.24, 2.45) is 5.10 Å². The Morgan fingerprint density at radius 1 is 1.35 bits per heavy atom. The Kier molecular flexibility index (Phi) is 5.07. The maximum Gasteiger partial charge on any atom is 0.271 e. The first-order valence-corrected chi connectivity index (χ1v) is 7.25. The highest BCUT2D eigenvalue weighted by molar-refractivity contribution is 9.10. The molecule has 0 unspecified atom stereocenters. The van der Waals surface area contributed by atoms with Crippen LogP contribution in [0.1, 0.15) is 21.5 Å². The van der Waals surface area contributed by atoms with E-state index in [9.17, 15) is 20.0 Å². The standard InChI is InChI=1S/C15H12BrN3O4/c1-9-6-12(16)7-11(14(9)20)8-17-18-15(21)10-2-4-13(5-3-10)19(22)23/h2-8,20H,1H3,(H,18,21)/b17-8+. The molecule has 7 nitrogen and oxygen atoms in total. The number of amides is 1. The van der Waals surface area contributed by atoms with E-state index in [-0.39, 0.29) is 17.0 Å². The van der Waals surface area contributed by atoms with Crippen LogP contribution in [0, 0.1) is 17.0 Å². The van der Waals surface area contributed by atoms with Gasteiger partial charge in [0.05, 0.1) is 11.1 Å². The van der Waals surface area contributed by atoms with E-state index >= 15 is 0 Å². The minimum atomic E-state index is -0.543. The van der Waals surface area contributed by atoms with Gasteiger partial charge < -0.3 is 5.11 Å². The summed E-state index contributed by atoms with van der Waals surface area (Å²) in [5.74, 6) is -0.441. The summed E-state index contributed by atoms with van der Waals surface area (Å²) in [6.07, 6.45) is 1.32. The number of benzene rings is 2. The second kappa shape index (κ2) is 7.01. The van der Waals surface area contributed by atoms with Crippen molar-refractivity contribution in [3.8, 4) is 5.75 Å². The molecule has 0 atom stereocenters. The summed E-state index contributed by atoms with van der Waals surface area (Å²) in [6, 6.07) is 8.56. The molecule has 0 aliphatic carbocycles. The largest absolute Gasteiger partial charge is 0.507 e. The maximum absolute atomic E-state index is 11.9. The lowest BCUT2D eigenvalue weighted by molar-refractivity contribution is -0.384. The van der Waals surface area contributed by atoms with Gasteiger partial charge in [-0.15, -0.1) is 0 Å². The molecular weight excluding hydrogens is 366 g/mol. The van der Waals surface area contributed by atoms with Gasteiger partial charge in [-0.05, 0) is 36.8 Å². The number of rotatable bonds is 4. The van der Waals surface area contributed by atoms with Crippen molar-refractivity contribution in [3.05, 3.63) is 67.7 Å². The highest BCUT2D eigenvalue weighted by Gasteiger charge is 2.09. The molecule has 0 spiro atoms. The number of phenols is 1. The van der Waals surface area contributed by atoms with E-state index in [4.69, 9.17) is 0 Å². The van der Waals surface area contributed by atoms with Crippen LogP contribution < -0.4 is 5.43 Å². The molecule has 2 aromatic carbocycles. The first kappa shape index (κ1) is 16.6. The fourth-order valence-corrected chi connectivity index (χ4v) is 2.41. The Morgan fingerprint density at radius 3 is 2.61 bits per heavy atom. The van der Waals surface area contributed by atoms with Crippen molar-refractivity contribution in [2.75, 3.05) is 0 Å². The lowest BCUT2D eigenvalue weighted by atomic mass is 10.1. The summed E-state index contributed by atoms with van der Waals surface area (Å²) in [6.45, 7) is 1.74. The van der Waals surface area contributed by atoms with Gasteiger partial charge in [0.1, 0.15) is 5.75 Å². The molecule has 118 valence electrons. The lowest BCUT2D eigenvalue weighted by Gasteiger charge is -2.04. The lowest BCUT2D eigenvalue weighted by Crippen LogP contribution is -2.17. The molecule has 0 heterocycles. The predicted octanol–water partition coefficient (Wildman–Crippen LogP) is 3.14. The third-order valence-corrected chi connectivity index (χ3v) is 3.46. The minimum absolute atomic E-state index is 0.0709. The summed E-state index contributed by atoms with van der Waals surface area (Å²) in [7, 11) is 0. The van der Waals surface area contributed by atoms with Crippen LogP contribution in [0.5, 0.6) is 5.75 Å². The van der Waals surface area contributed by atoms with E-state index in [1.165, 1.54) is 30.5 Å². The zero-order valence-corrected chi connectivity index (χ0v) is 13.6. The smallest absolute Gasteiger partial charge is 0.271 e. The fourth-order valence-electron chi connectivity index (χ4n) is 1.82. The normalized spacial score (nSPS) is 10.7. The molecule has 0 aromatic heterocycles. The van der Waals surface area contributed by atoms with Crippen LogP contribution >= 0.6 is 15.9 Å². The number of non-ortho nitro benzene ring substituents is 1. The first-order chi connectivity index (χ1) is 10.9. The number of hydrogen-bond acceptors (Lipinski definition) is 5. The molecule has 0 saturated heterocycles. The molecule has 0 saturated carbocycles. The Morgan fingerprint density at radius 2 is 2.00 bits per heavy atom. The van der Waals surface area contributed by atoms with Gasteiger partial charge in [0, 0.05) is 27.7 Å². The summed E-state index contributed by atoms with van der Waals surface area (Å²) in [4.78, 5) is 21.9. The van der Waals surface area contributed by atoms with E-state index < -0.39 is 10.8 Å². The van der Waals surface area contributed by atoms with Crippen molar-refractivity contribution < 1.29 is 14.8 Å². The van der Waals surface area contributed by atoms with Gasteiger partial charge in [0.25, 0.3) is 11.6 Å². The van der Waals surface area contributed by atoms with Crippen LogP contribution in [-0.2, 0) is 0 Å². The summed E-state index contributed by atoms with van der Waals surface area (Å²) in [5, 5.41) is 24.2. The summed E-state index contributed by atoms with van der Waals surface area (Å²) >= 11 is 3.31. The molecule has 0 aliphatic rings. The number of carbonyl (C=O) groups excluding carboxylic acids is 1. The average molecular weight is 378 g/mol. The zero-order chi connectivity index (χ0) is 17.0. The molecular formula is C15H12BrN3O4. The van der Waals surface area contributed by atoms with Crippen molar-refractivity contribution >= 4 is 33.7 Å². The zero-order valence-electron chi connectivity index (χ0n) is 12.0. The van der Waals surface area contributed by atoms with Crippen LogP contribution in [0.3, 0.4) is 0 Å². The van der Waals surface area contributed by atoms with E-state index in [1.54, 1.807) is 19.1 Å². The number of nitro benzene ring substituents is 1. The van der Waals surface area contributed by atoms with Crippen LogP contribution in [0.2, 0.25) is 0 Å². The summed E-state index contributed by atoms with van der Waals surface area (Å²) < 4.78 is 0.774. The Bertz CT molecular complexity index is 788. The van der Waals surface area contributed by atoms with Crippen molar-refractivity contribution in [3.63, 3.8) is 0 Å². The van der Waals surface area contributed by atoms with Crippen molar-refractivity contribution in [1.82, 2.24) is 5.43 Å². The van der Waals surface area contributed by atoms with Crippen molar-refractivity contribution in [2.45, 2.75) is 6.92 Å². The van der Waals surface area contributed by atoms with Crippen molar-refractivity contribution in [1.29, 1.82) is 0 Å². The third kappa shape index (κ3) is 4.13. The number of phenolic OH excluding ortho intramolecular Hbond substituents is 1. The van der Waals surface area contributed by atoms with Gasteiger partial charge in [-0.25, -0.2) is 5.43 Å². The van der Waals surface area contributed by atoms with Crippen LogP contribution in [0.25, 0.3) is 0 Å². The second-order valence-electron chi connectivity index (χ2n) is 4.66. The number of nitrogens with zero attached hydrogens (tertiary/aromatic N) is 2. The molecule has 0 bridgehead atoms.